The van der Waals surface area contributed by atoms with Crippen LogP contribution in [0.5, 0.6) is 0 Å². The second-order valence-corrected chi connectivity index (χ2v) is 7.01. The molecule has 0 radical (unpaired) electrons. The average molecular weight is 366 g/mol. The Morgan fingerprint density at radius 1 is 1.08 bits per heavy atom. The normalized spacial score (nSPS) is 27.1. The van der Waals surface area contributed by atoms with Gasteiger partial charge in [0.25, 0.3) is 0 Å². The van der Waals surface area contributed by atoms with E-state index in [1.807, 2.05) is 5.01 Å². The summed E-state index contributed by atoms with van der Waals surface area (Å²) in [5.74, 6) is 0.0655. The number of halogens is 3. The van der Waals surface area contributed by atoms with E-state index in [9.17, 15) is 18.0 Å². The zero-order valence-electron chi connectivity index (χ0n) is 14.1. The predicted molar refractivity (Wildman–Crippen MR) is 89.6 cm³/mol. The second kappa shape index (κ2) is 6.59. The van der Waals surface area contributed by atoms with Gasteiger partial charge in [-0.05, 0) is 43.6 Å². The molecule has 1 aromatic carbocycles. The van der Waals surface area contributed by atoms with Gasteiger partial charge in [0.15, 0.2) is 0 Å². The molecule has 2 fully saturated rings. The standard InChI is InChI=1S/C18H21F3N4O/c19-18(20,21)13-3-1-11(2-4-13)14-10-23-25-15(9-16(26)24-17(14)25)12-5-7-22-8-6-12/h1-4,9,12,14,17,22-23H,5-8,10H2,(H,24,26). The third kappa shape index (κ3) is 3.19. The van der Waals surface area contributed by atoms with Gasteiger partial charge >= 0.3 is 6.18 Å². The smallest absolute Gasteiger partial charge is 0.330 e. The van der Waals surface area contributed by atoms with Crippen LogP contribution >= 0.6 is 0 Å². The highest BCUT2D eigenvalue weighted by molar-refractivity contribution is 5.89. The lowest BCUT2D eigenvalue weighted by Gasteiger charge is -2.39. The van der Waals surface area contributed by atoms with Crippen LogP contribution in [-0.2, 0) is 11.0 Å². The van der Waals surface area contributed by atoms with E-state index in [-0.39, 0.29) is 18.0 Å². The van der Waals surface area contributed by atoms with Crippen LogP contribution in [0, 0.1) is 5.92 Å². The van der Waals surface area contributed by atoms with Crippen molar-refractivity contribution in [3.05, 3.63) is 47.2 Å². The lowest BCUT2D eigenvalue weighted by molar-refractivity contribution is -0.137. The molecule has 3 aliphatic rings. The van der Waals surface area contributed by atoms with Crippen LogP contribution in [0.2, 0.25) is 0 Å². The summed E-state index contributed by atoms with van der Waals surface area (Å²) in [5.41, 5.74) is 4.43. The first-order valence-electron chi connectivity index (χ1n) is 8.86. The Kier molecular flexibility index (Phi) is 4.40. The molecule has 0 aliphatic carbocycles. The molecule has 140 valence electrons. The molecule has 0 aromatic heterocycles. The quantitative estimate of drug-likeness (QED) is 0.749. The number of allylic oxidation sites excluding steroid dienone is 1. The van der Waals surface area contributed by atoms with E-state index in [2.05, 4.69) is 16.1 Å². The minimum absolute atomic E-state index is 0.105. The van der Waals surface area contributed by atoms with Crippen molar-refractivity contribution in [1.29, 1.82) is 0 Å². The number of hydrogen-bond acceptors (Lipinski definition) is 4. The van der Waals surface area contributed by atoms with Gasteiger partial charge in [0.1, 0.15) is 6.17 Å². The number of alkyl halides is 3. The minimum atomic E-state index is -4.34. The van der Waals surface area contributed by atoms with E-state index in [4.69, 9.17) is 0 Å². The van der Waals surface area contributed by atoms with Crippen LogP contribution in [0.1, 0.15) is 29.9 Å². The summed E-state index contributed by atoms with van der Waals surface area (Å²) in [4.78, 5) is 12.2. The number of hydrazine groups is 1. The van der Waals surface area contributed by atoms with Gasteiger partial charge in [-0.25, -0.2) is 5.43 Å². The summed E-state index contributed by atoms with van der Waals surface area (Å²) >= 11 is 0. The molecule has 0 saturated carbocycles. The number of nitrogens with one attached hydrogen (secondary N) is 3. The van der Waals surface area contributed by atoms with E-state index in [1.165, 1.54) is 12.1 Å². The summed E-state index contributed by atoms with van der Waals surface area (Å²) in [7, 11) is 0. The van der Waals surface area contributed by atoms with Crippen LogP contribution < -0.4 is 16.1 Å². The van der Waals surface area contributed by atoms with Gasteiger partial charge in [-0.15, -0.1) is 0 Å². The number of rotatable bonds is 2. The highest BCUT2D eigenvalue weighted by Gasteiger charge is 2.42. The van der Waals surface area contributed by atoms with Crippen molar-refractivity contribution in [2.24, 2.45) is 5.92 Å². The van der Waals surface area contributed by atoms with Crippen molar-refractivity contribution >= 4 is 5.91 Å². The molecule has 1 aromatic rings. The fourth-order valence-electron chi connectivity index (χ4n) is 4.05. The molecule has 2 saturated heterocycles. The lowest BCUT2D eigenvalue weighted by atomic mass is 9.90. The topological polar surface area (TPSA) is 56.4 Å². The Bertz CT molecular complexity index is 710. The monoisotopic (exact) mass is 366 g/mol. The van der Waals surface area contributed by atoms with E-state index in [0.29, 0.717) is 12.5 Å². The van der Waals surface area contributed by atoms with Gasteiger partial charge in [-0.3, -0.25) is 9.80 Å². The first-order valence-corrected chi connectivity index (χ1v) is 8.86. The van der Waals surface area contributed by atoms with Crippen LogP contribution in [-0.4, -0.2) is 36.7 Å². The molecule has 2 atom stereocenters. The molecular formula is C18H21F3N4O. The molecule has 0 bridgehead atoms. The molecule has 5 nitrogen and oxygen atoms in total. The van der Waals surface area contributed by atoms with Crippen LogP contribution in [0.4, 0.5) is 13.2 Å². The maximum atomic E-state index is 12.8. The van der Waals surface area contributed by atoms with E-state index in [0.717, 1.165) is 49.3 Å². The van der Waals surface area contributed by atoms with Crippen molar-refractivity contribution in [2.75, 3.05) is 19.6 Å². The summed E-state index contributed by atoms with van der Waals surface area (Å²) in [6, 6.07) is 5.22. The SMILES string of the molecule is O=C1C=C(C2CCNCC2)N2NCC(c3ccc(C(F)(F)F)cc3)C2N1. The van der Waals surface area contributed by atoms with Crippen molar-refractivity contribution in [3.8, 4) is 0 Å². The Morgan fingerprint density at radius 3 is 2.42 bits per heavy atom. The van der Waals surface area contributed by atoms with E-state index >= 15 is 0 Å². The number of carbonyl (C=O) groups excluding carboxylic acids is 1. The van der Waals surface area contributed by atoms with Crippen LogP contribution in [0.3, 0.4) is 0 Å². The van der Waals surface area contributed by atoms with Gasteiger partial charge in [-0.1, -0.05) is 12.1 Å². The van der Waals surface area contributed by atoms with Gasteiger partial charge in [-0.2, -0.15) is 13.2 Å². The molecular weight excluding hydrogens is 345 g/mol. The number of benzene rings is 1. The van der Waals surface area contributed by atoms with Crippen molar-refractivity contribution in [3.63, 3.8) is 0 Å². The van der Waals surface area contributed by atoms with Crippen LogP contribution in [0.15, 0.2) is 36.0 Å². The van der Waals surface area contributed by atoms with Gasteiger partial charge < -0.3 is 10.6 Å². The zero-order chi connectivity index (χ0) is 18.3. The Morgan fingerprint density at radius 2 is 1.77 bits per heavy atom. The third-order valence-corrected chi connectivity index (χ3v) is 5.41. The first kappa shape index (κ1) is 17.4. The molecule has 3 heterocycles. The zero-order valence-corrected chi connectivity index (χ0v) is 14.1. The third-order valence-electron chi connectivity index (χ3n) is 5.41. The minimum Gasteiger partial charge on any atom is -0.330 e. The number of amides is 1. The van der Waals surface area contributed by atoms with Crippen molar-refractivity contribution < 1.29 is 18.0 Å². The maximum absolute atomic E-state index is 12.8. The Hall–Kier alpha value is -2.06. The molecule has 3 N–H and O–H groups in total. The Balaban J connectivity index is 1.56. The highest BCUT2D eigenvalue weighted by atomic mass is 19.4. The summed E-state index contributed by atoms with van der Waals surface area (Å²) in [6.07, 6.45) is -1.05. The summed E-state index contributed by atoms with van der Waals surface area (Å²) in [6.45, 7) is 2.41. The molecule has 3 aliphatic heterocycles. The fraction of sp³-hybridized carbons (Fsp3) is 0.500. The largest absolute Gasteiger partial charge is 0.416 e. The molecule has 2 unspecified atom stereocenters. The summed E-state index contributed by atoms with van der Waals surface area (Å²) in [5, 5.41) is 8.27. The fourth-order valence-corrected chi connectivity index (χ4v) is 4.05. The number of fused-ring (bicyclic) bond motifs is 1. The van der Waals surface area contributed by atoms with Crippen molar-refractivity contribution in [2.45, 2.75) is 31.1 Å². The predicted octanol–water partition coefficient (Wildman–Crippen LogP) is 1.95. The Labute approximate surface area is 149 Å². The molecule has 1 amide bonds. The highest BCUT2D eigenvalue weighted by Crippen LogP contribution is 2.36. The molecule has 8 heteroatoms. The maximum Gasteiger partial charge on any atom is 0.416 e. The van der Waals surface area contributed by atoms with E-state index in [1.54, 1.807) is 6.08 Å². The average Bonchev–Trinajstić information content (AvgIpc) is 3.05. The first-order chi connectivity index (χ1) is 12.4. The van der Waals surface area contributed by atoms with Gasteiger partial charge in [0.05, 0.1) is 5.56 Å². The van der Waals surface area contributed by atoms with Gasteiger partial charge in [0, 0.05) is 30.2 Å². The van der Waals surface area contributed by atoms with Crippen molar-refractivity contribution in [1.82, 2.24) is 21.1 Å². The van der Waals surface area contributed by atoms with E-state index < -0.39 is 11.7 Å². The van der Waals surface area contributed by atoms with Crippen LogP contribution in [0.25, 0.3) is 0 Å². The number of nitrogens with zero attached hydrogens (tertiary/aromatic N) is 1. The number of piperidine rings is 1. The molecule has 0 spiro atoms. The lowest BCUT2D eigenvalue weighted by Crippen LogP contribution is -2.53. The molecule has 26 heavy (non-hydrogen) atoms. The second-order valence-electron chi connectivity index (χ2n) is 7.01. The number of hydrogen-bond donors (Lipinski definition) is 3. The number of carbonyl (C=O) groups is 1. The molecule has 4 rings (SSSR count). The summed E-state index contributed by atoms with van der Waals surface area (Å²) < 4.78 is 38.4. The van der Waals surface area contributed by atoms with Gasteiger partial charge in [0.2, 0.25) is 5.91 Å².